The average molecular weight is 273 g/mol. The molecular formula is C16H23N3O. The van der Waals surface area contributed by atoms with Crippen LogP contribution in [0.25, 0.3) is 11.1 Å². The quantitative estimate of drug-likeness (QED) is 0.852. The second-order valence-corrected chi connectivity index (χ2v) is 6.63. The second kappa shape index (κ2) is 5.09. The van der Waals surface area contributed by atoms with Crippen LogP contribution < -0.4 is 5.73 Å². The minimum Gasteiger partial charge on any atom is -0.439 e. The van der Waals surface area contributed by atoms with E-state index in [4.69, 9.17) is 10.2 Å². The summed E-state index contributed by atoms with van der Waals surface area (Å²) in [7, 11) is 0. The van der Waals surface area contributed by atoms with Crippen LogP contribution in [0.15, 0.2) is 22.6 Å². The van der Waals surface area contributed by atoms with Gasteiger partial charge in [0.1, 0.15) is 5.52 Å². The zero-order valence-corrected chi connectivity index (χ0v) is 12.4. The fraction of sp³-hybridized carbons (Fsp3) is 0.562. The first-order chi connectivity index (χ1) is 9.52. The van der Waals surface area contributed by atoms with Gasteiger partial charge in [-0.05, 0) is 49.9 Å². The lowest BCUT2D eigenvalue weighted by molar-refractivity contribution is 0.236. The van der Waals surface area contributed by atoms with Gasteiger partial charge in [0.2, 0.25) is 5.89 Å². The zero-order chi connectivity index (χ0) is 14.2. The van der Waals surface area contributed by atoms with E-state index in [1.165, 1.54) is 19.3 Å². The van der Waals surface area contributed by atoms with Gasteiger partial charge >= 0.3 is 0 Å². The van der Waals surface area contributed by atoms with Crippen LogP contribution in [0.5, 0.6) is 0 Å². The highest BCUT2D eigenvalue weighted by Gasteiger charge is 2.23. The Morgan fingerprint density at radius 1 is 1.30 bits per heavy atom. The fourth-order valence-corrected chi connectivity index (χ4v) is 2.88. The van der Waals surface area contributed by atoms with Gasteiger partial charge in [0.25, 0.3) is 0 Å². The fourth-order valence-electron chi connectivity index (χ4n) is 2.88. The Bertz CT molecular complexity index is 603. The summed E-state index contributed by atoms with van der Waals surface area (Å²) in [6.07, 6.45) is 3.79. The van der Waals surface area contributed by atoms with Gasteiger partial charge in [-0.1, -0.05) is 13.8 Å². The van der Waals surface area contributed by atoms with Gasteiger partial charge in [-0.2, -0.15) is 0 Å². The van der Waals surface area contributed by atoms with Gasteiger partial charge in [0, 0.05) is 11.8 Å². The monoisotopic (exact) mass is 273 g/mol. The number of fused-ring (bicyclic) bond motifs is 1. The van der Waals surface area contributed by atoms with E-state index in [9.17, 15) is 0 Å². The van der Waals surface area contributed by atoms with Crippen molar-refractivity contribution in [3.8, 4) is 0 Å². The van der Waals surface area contributed by atoms with Crippen LogP contribution in [-0.2, 0) is 6.54 Å². The molecule has 1 aromatic heterocycles. The lowest BCUT2D eigenvalue weighted by Crippen LogP contribution is -2.25. The molecule has 0 bridgehead atoms. The minimum absolute atomic E-state index is 0.463. The van der Waals surface area contributed by atoms with E-state index in [-0.39, 0.29) is 0 Å². The van der Waals surface area contributed by atoms with E-state index in [1.807, 2.05) is 18.2 Å². The molecule has 0 aliphatic carbocycles. The highest BCUT2D eigenvalue weighted by Crippen LogP contribution is 2.30. The van der Waals surface area contributed by atoms with Crippen molar-refractivity contribution in [1.82, 2.24) is 9.88 Å². The predicted molar refractivity (Wildman–Crippen MR) is 81.3 cm³/mol. The molecule has 108 valence electrons. The molecular weight excluding hydrogens is 250 g/mol. The van der Waals surface area contributed by atoms with Crippen molar-refractivity contribution in [3.63, 3.8) is 0 Å². The van der Waals surface area contributed by atoms with Crippen LogP contribution in [0, 0.1) is 5.41 Å². The summed E-state index contributed by atoms with van der Waals surface area (Å²) < 4.78 is 5.81. The largest absolute Gasteiger partial charge is 0.439 e. The highest BCUT2D eigenvalue weighted by molar-refractivity contribution is 5.76. The van der Waals surface area contributed by atoms with E-state index in [2.05, 4.69) is 23.7 Å². The molecule has 1 aliphatic heterocycles. The number of oxazole rings is 1. The average Bonchev–Trinajstić information content (AvgIpc) is 2.68. The first-order valence-electron chi connectivity index (χ1n) is 7.39. The van der Waals surface area contributed by atoms with Crippen molar-refractivity contribution in [2.45, 2.75) is 39.7 Å². The van der Waals surface area contributed by atoms with Crippen molar-refractivity contribution < 1.29 is 4.42 Å². The smallest absolute Gasteiger partial charge is 0.209 e. The van der Waals surface area contributed by atoms with Crippen molar-refractivity contribution in [2.75, 3.05) is 18.8 Å². The van der Waals surface area contributed by atoms with Crippen LogP contribution in [0.3, 0.4) is 0 Å². The molecule has 0 amide bonds. The molecule has 4 heteroatoms. The van der Waals surface area contributed by atoms with Crippen LogP contribution in [0.1, 0.15) is 39.0 Å². The molecule has 3 rings (SSSR count). The number of benzene rings is 1. The molecule has 1 aliphatic rings. The normalized spacial score (nSPS) is 20.1. The Kier molecular flexibility index (Phi) is 3.42. The van der Waals surface area contributed by atoms with E-state index >= 15 is 0 Å². The number of rotatable bonds is 2. The first-order valence-corrected chi connectivity index (χ1v) is 7.39. The Balaban J connectivity index is 1.72. The van der Waals surface area contributed by atoms with Crippen molar-refractivity contribution in [3.05, 3.63) is 24.1 Å². The van der Waals surface area contributed by atoms with Crippen molar-refractivity contribution in [2.24, 2.45) is 5.41 Å². The number of aromatic nitrogens is 1. The molecule has 2 heterocycles. The van der Waals surface area contributed by atoms with E-state index in [0.717, 1.165) is 42.3 Å². The molecule has 0 radical (unpaired) electrons. The molecule has 0 atom stereocenters. The lowest BCUT2D eigenvalue weighted by Gasteiger charge is -2.22. The third kappa shape index (κ3) is 2.96. The van der Waals surface area contributed by atoms with Crippen LogP contribution in [0.4, 0.5) is 5.69 Å². The summed E-state index contributed by atoms with van der Waals surface area (Å²) in [5.74, 6) is 0.797. The summed E-state index contributed by atoms with van der Waals surface area (Å²) in [4.78, 5) is 7.00. The Labute approximate surface area is 120 Å². The van der Waals surface area contributed by atoms with Crippen molar-refractivity contribution in [1.29, 1.82) is 0 Å². The third-order valence-corrected chi connectivity index (χ3v) is 4.25. The van der Waals surface area contributed by atoms with Gasteiger partial charge in [0.15, 0.2) is 5.58 Å². The number of anilines is 1. The topological polar surface area (TPSA) is 55.3 Å². The molecule has 0 unspecified atom stereocenters. The second-order valence-electron chi connectivity index (χ2n) is 6.63. The Hall–Kier alpha value is -1.55. The Morgan fingerprint density at radius 3 is 3.00 bits per heavy atom. The maximum Gasteiger partial charge on any atom is 0.209 e. The highest BCUT2D eigenvalue weighted by atomic mass is 16.3. The van der Waals surface area contributed by atoms with Crippen LogP contribution >= 0.6 is 0 Å². The molecule has 20 heavy (non-hydrogen) atoms. The minimum atomic E-state index is 0.463. The maximum absolute atomic E-state index is 5.81. The zero-order valence-electron chi connectivity index (χ0n) is 12.4. The van der Waals surface area contributed by atoms with E-state index in [1.54, 1.807) is 0 Å². The SMILES string of the molecule is CC1(C)CCCN(Cc2nc3ccc(N)cc3o2)CC1. The summed E-state index contributed by atoms with van der Waals surface area (Å²) in [5, 5.41) is 0. The van der Waals surface area contributed by atoms with E-state index in [0.29, 0.717) is 5.41 Å². The summed E-state index contributed by atoms with van der Waals surface area (Å²) in [6.45, 7) is 7.76. The van der Waals surface area contributed by atoms with Gasteiger partial charge in [-0.15, -0.1) is 0 Å². The molecule has 0 spiro atoms. The van der Waals surface area contributed by atoms with Crippen LogP contribution in [0.2, 0.25) is 0 Å². The van der Waals surface area contributed by atoms with Gasteiger partial charge < -0.3 is 10.2 Å². The van der Waals surface area contributed by atoms with E-state index < -0.39 is 0 Å². The summed E-state index contributed by atoms with van der Waals surface area (Å²) >= 11 is 0. The molecule has 1 saturated heterocycles. The van der Waals surface area contributed by atoms with Crippen LogP contribution in [-0.4, -0.2) is 23.0 Å². The number of hydrogen-bond acceptors (Lipinski definition) is 4. The number of likely N-dealkylation sites (tertiary alicyclic amines) is 1. The van der Waals surface area contributed by atoms with Gasteiger partial charge in [-0.3, -0.25) is 4.90 Å². The molecule has 1 fully saturated rings. The standard InChI is InChI=1S/C16H23N3O/c1-16(2)6-3-8-19(9-7-16)11-15-18-13-5-4-12(17)10-14(13)20-15/h4-5,10H,3,6-9,11,17H2,1-2H3. The maximum atomic E-state index is 5.81. The Morgan fingerprint density at radius 2 is 2.15 bits per heavy atom. The third-order valence-electron chi connectivity index (χ3n) is 4.25. The van der Waals surface area contributed by atoms with Gasteiger partial charge in [0.05, 0.1) is 6.54 Å². The number of nitrogen functional groups attached to an aromatic ring is 1. The first kappa shape index (κ1) is 13.4. The summed E-state index contributed by atoms with van der Waals surface area (Å²) in [5.41, 5.74) is 8.63. The summed E-state index contributed by atoms with van der Waals surface area (Å²) in [6, 6.07) is 5.63. The molecule has 0 saturated carbocycles. The molecule has 2 aromatic rings. The number of nitrogens with two attached hydrogens (primary N) is 1. The molecule has 1 aromatic carbocycles. The lowest BCUT2D eigenvalue weighted by atomic mass is 9.85. The predicted octanol–water partition coefficient (Wildman–Crippen LogP) is 3.42. The molecule has 4 nitrogen and oxygen atoms in total. The number of nitrogens with zero attached hydrogens (tertiary/aromatic N) is 2. The number of hydrogen-bond donors (Lipinski definition) is 1. The van der Waals surface area contributed by atoms with Gasteiger partial charge in [-0.25, -0.2) is 4.98 Å². The molecule has 2 N–H and O–H groups in total. The van der Waals surface area contributed by atoms with Crippen molar-refractivity contribution >= 4 is 16.8 Å².